The lowest BCUT2D eigenvalue weighted by Crippen LogP contribution is -2.37. The molecule has 0 saturated heterocycles. The van der Waals surface area contributed by atoms with Gasteiger partial charge in [0.2, 0.25) is 0 Å². The van der Waals surface area contributed by atoms with Crippen LogP contribution in [0, 0.1) is 0 Å². The van der Waals surface area contributed by atoms with E-state index in [4.69, 9.17) is 18.5 Å². The summed E-state index contributed by atoms with van der Waals surface area (Å²) in [6.45, 7) is 4.21. The van der Waals surface area contributed by atoms with Crippen molar-refractivity contribution in [2.24, 2.45) is 0 Å². The Hall–Kier alpha value is -2.03. The van der Waals surface area contributed by atoms with Crippen LogP contribution >= 0.6 is 7.82 Å². The number of quaternary nitrogens is 1. The number of phosphoric ester groups is 1. The third-order valence-electron chi connectivity index (χ3n) is 7.84. The summed E-state index contributed by atoms with van der Waals surface area (Å²) in [5.74, 6) is -0.836. The molecule has 9 nitrogen and oxygen atoms in total. The van der Waals surface area contributed by atoms with Crippen molar-refractivity contribution in [3.05, 3.63) is 48.6 Å². The molecular weight excluding hydrogens is 653 g/mol. The van der Waals surface area contributed by atoms with Crippen LogP contribution in [0.3, 0.4) is 0 Å². The Morgan fingerprint density at radius 1 is 0.640 bits per heavy atom. The Morgan fingerprint density at radius 3 is 1.72 bits per heavy atom. The molecule has 2 atom stereocenters. The van der Waals surface area contributed by atoms with E-state index in [0.29, 0.717) is 17.4 Å². The van der Waals surface area contributed by atoms with Crippen molar-refractivity contribution in [3.63, 3.8) is 0 Å². The quantitative estimate of drug-likeness (QED) is 0.0230. The van der Waals surface area contributed by atoms with Crippen LogP contribution in [-0.2, 0) is 32.7 Å². The lowest BCUT2D eigenvalue weighted by atomic mass is 10.1. The first-order chi connectivity index (χ1) is 24.0. The second-order valence-corrected chi connectivity index (χ2v) is 15.4. The molecule has 0 aliphatic heterocycles. The number of hydrogen-bond donors (Lipinski definition) is 1. The first-order valence-electron chi connectivity index (χ1n) is 19.4. The molecule has 0 saturated carbocycles. The van der Waals surface area contributed by atoms with Gasteiger partial charge in [-0.25, -0.2) is 4.57 Å². The van der Waals surface area contributed by atoms with E-state index in [-0.39, 0.29) is 32.0 Å². The van der Waals surface area contributed by atoms with Crippen LogP contribution in [0.5, 0.6) is 0 Å². The van der Waals surface area contributed by atoms with Crippen molar-refractivity contribution in [2.75, 3.05) is 47.5 Å². The van der Waals surface area contributed by atoms with E-state index in [0.717, 1.165) is 96.3 Å². The molecule has 0 bridgehead atoms. The minimum atomic E-state index is -4.37. The van der Waals surface area contributed by atoms with Gasteiger partial charge in [-0.3, -0.25) is 18.6 Å². The van der Waals surface area contributed by atoms with Gasteiger partial charge >= 0.3 is 19.8 Å². The third kappa shape index (κ3) is 35.8. The van der Waals surface area contributed by atoms with Gasteiger partial charge in [0.15, 0.2) is 6.10 Å². The highest BCUT2D eigenvalue weighted by atomic mass is 31.2. The lowest BCUT2D eigenvalue weighted by Gasteiger charge is -2.24. The number of allylic oxidation sites excluding steroid dienone is 8. The molecule has 0 spiro atoms. The highest BCUT2D eigenvalue weighted by molar-refractivity contribution is 7.47. The number of ether oxygens (including phenoxy) is 2. The van der Waals surface area contributed by atoms with Gasteiger partial charge in [-0.1, -0.05) is 114 Å². The normalized spacial score (nSPS) is 14.3. The smallest absolute Gasteiger partial charge is 0.462 e. The van der Waals surface area contributed by atoms with E-state index in [2.05, 4.69) is 62.5 Å². The predicted octanol–water partition coefficient (Wildman–Crippen LogP) is 10.3. The predicted molar refractivity (Wildman–Crippen MR) is 206 cm³/mol. The van der Waals surface area contributed by atoms with Crippen LogP contribution in [0.25, 0.3) is 0 Å². The minimum Gasteiger partial charge on any atom is -0.462 e. The van der Waals surface area contributed by atoms with Crippen molar-refractivity contribution in [3.8, 4) is 0 Å². The van der Waals surface area contributed by atoms with Crippen LogP contribution in [0.2, 0.25) is 0 Å². The number of rotatable bonds is 34. The zero-order chi connectivity index (χ0) is 37.2. The molecule has 1 N–H and O–H groups in total. The number of likely N-dealkylation sites (N-methyl/N-ethyl adjacent to an activating group) is 1. The van der Waals surface area contributed by atoms with Crippen LogP contribution in [0.4, 0.5) is 0 Å². The molecule has 10 heteroatoms. The minimum absolute atomic E-state index is 0.0250. The fourth-order valence-corrected chi connectivity index (χ4v) is 5.51. The topological polar surface area (TPSA) is 108 Å². The molecule has 0 amide bonds. The van der Waals surface area contributed by atoms with E-state index in [9.17, 15) is 19.0 Å². The molecule has 0 aromatic rings. The molecule has 0 aliphatic rings. The molecular formula is C40H73NO8P+. The van der Waals surface area contributed by atoms with Gasteiger partial charge in [-0.05, 0) is 64.2 Å². The highest BCUT2D eigenvalue weighted by Gasteiger charge is 2.27. The second kappa shape index (κ2) is 32.8. The van der Waals surface area contributed by atoms with Crippen molar-refractivity contribution in [2.45, 2.75) is 148 Å². The second-order valence-electron chi connectivity index (χ2n) is 13.9. The molecule has 290 valence electrons. The first kappa shape index (κ1) is 48.0. The van der Waals surface area contributed by atoms with Gasteiger partial charge in [-0.15, -0.1) is 0 Å². The average Bonchev–Trinajstić information content (AvgIpc) is 3.06. The molecule has 0 fully saturated rings. The summed E-state index contributed by atoms with van der Waals surface area (Å²) in [5.41, 5.74) is 0. The summed E-state index contributed by atoms with van der Waals surface area (Å²) in [5, 5.41) is 0. The van der Waals surface area contributed by atoms with Crippen molar-refractivity contribution in [1.82, 2.24) is 0 Å². The molecule has 0 aliphatic carbocycles. The Balaban J connectivity index is 4.48. The van der Waals surface area contributed by atoms with E-state index in [1.165, 1.54) is 12.8 Å². The molecule has 0 aromatic carbocycles. The Labute approximate surface area is 305 Å². The number of carbonyl (C=O) groups excluding carboxylic acids is 2. The number of carbonyl (C=O) groups is 2. The van der Waals surface area contributed by atoms with Crippen molar-refractivity contribution >= 4 is 19.8 Å². The summed E-state index contributed by atoms with van der Waals surface area (Å²) in [7, 11) is 1.45. The maximum absolute atomic E-state index is 12.6. The van der Waals surface area contributed by atoms with Crippen molar-refractivity contribution < 1.29 is 42.1 Å². The maximum Gasteiger partial charge on any atom is 0.472 e. The molecule has 0 rings (SSSR count). The standard InChI is InChI=1S/C40H72NO8P/c1-6-8-10-12-14-16-18-19-20-21-23-25-27-29-31-33-40(43)49-38(37-48-50(44,45)47-35-34-41(3,4)5)36-46-39(42)32-30-28-26-24-22-17-15-13-11-9-7-2/h8,10,13-16,19-20,38H,6-7,9,11-12,17-18,21-37H2,1-5H3/p+1/b10-8-,15-13-,16-14-,20-19-/t38-/m1/s1. The Kier molecular flexibility index (Phi) is 31.5. The molecule has 1 unspecified atom stereocenters. The van der Waals surface area contributed by atoms with Crippen LogP contribution in [-0.4, -0.2) is 74.9 Å². The summed E-state index contributed by atoms with van der Waals surface area (Å²) in [4.78, 5) is 35.2. The number of esters is 2. The number of phosphoric acid groups is 1. The zero-order valence-corrected chi connectivity index (χ0v) is 33.3. The Bertz CT molecular complexity index is 1000. The summed E-state index contributed by atoms with van der Waals surface area (Å²) >= 11 is 0. The van der Waals surface area contributed by atoms with Crippen LogP contribution < -0.4 is 0 Å². The molecule has 0 heterocycles. The van der Waals surface area contributed by atoms with E-state index in [1.54, 1.807) is 0 Å². The van der Waals surface area contributed by atoms with E-state index in [1.807, 2.05) is 21.1 Å². The largest absolute Gasteiger partial charge is 0.472 e. The first-order valence-corrected chi connectivity index (χ1v) is 20.9. The molecule has 0 aromatic heterocycles. The number of unbranched alkanes of at least 4 members (excludes halogenated alkanes) is 12. The van der Waals surface area contributed by atoms with Gasteiger partial charge in [0.1, 0.15) is 19.8 Å². The third-order valence-corrected chi connectivity index (χ3v) is 8.83. The monoisotopic (exact) mass is 727 g/mol. The summed E-state index contributed by atoms with van der Waals surface area (Å²) in [6, 6.07) is 0. The fraction of sp³-hybridized carbons (Fsp3) is 0.750. The van der Waals surface area contributed by atoms with Gasteiger partial charge in [0.25, 0.3) is 0 Å². The Morgan fingerprint density at radius 2 is 1.14 bits per heavy atom. The summed E-state index contributed by atoms with van der Waals surface area (Å²) < 4.78 is 34.1. The van der Waals surface area contributed by atoms with Gasteiger partial charge < -0.3 is 18.9 Å². The SMILES string of the molecule is CC/C=C\C/C=C\C/C=C\CCCCCCCC(=O)O[C@H](COC(=O)CCCCCCC/C=C\CCCC)COP(=O)(O)OCC[N+](C)(C)C. The van der Waals surface area contributed by atoms with Crippen molar-refractivity contribution in [1.29, 1.82) is 0 Å². The van der Waals surface area contributed by atoms with Gasteiger partial charge in [-0.2, -0.15) is 0 Å². The van der Waals surface area contributed by atoms with Gasteiger partial charge in [0, 0.05) is 12.8 Å². The maximum atomic E-state index is 12.6. The molecule has 50 heavy (non-hydrogen) atoms. The molecule has 0 radical (unpaired) electrons. The number of nitrogens with zero attached hydrogens (tertiary/aromatic N) is 1. The average molecular weight is 727 g/mol. The van der Waals surface area contributed by atoms with Gasteiger partial charge in [0.05, 0.1) is 27.7 Å². The summed E-state index contributed by atoms with van der Waals surface area (Å²) in [6.07, 6.45) is 35.9. The lowest BCUT2D eigenvalue weighted by molar-refractivity contribution is -0.870. The van der Waals surface area contributed by atoms with Crippen LogP contribution in [0.15, 0.2) is 48.6 Å². The fourth-order valence-electron chi connectivity index (χ4n) is 4.77. The number of hydrogen-bond acceptors (Lipinski definition) is 7. The van der Waals surface area contributed by atoms with E-state index >= 15 is 0 Å². The highest BCUT2D eigenvalue weighted by Crippen LogP contribution is 2.43. The zero-order valence-electron chi connectivity index (χ0n) is 32.4. The van der Waals surface area contributed by atoms with E-state index < -0.39 is 26.5 Å². The van der Waals surface area contributed by atoms with Crippen LogP contribution in [0.1, 0.15) is 142 Å².